The molecule has 1 N–H and O–H groups in total. The Kier molecular flexibility index (Phi) is 5.80. The van der Waals surface area contributed by atoms with Gasteiger partial charge in [-0.05, 0) is 32.6 Å². The van der Waals surface area contributed by atoms with Gasteiger partial charge in [0.25, 0.3) is 0 Å². The molecule has 1 atom stereocenters. The smallest absolute Gasteiger partial charge is 0.124 e. The molecule has 0 heterocycles. The number of rotatable bonds is 6. The molecule has 0 spiro atoms. The molecule has 0 bridgehead atoms. The van der Waals surface area contributed by atoms with Crippen LogP contribution in [-0.2, 0) is 0 Å². The number of hydrogen-bond acceptors (Lipinski definition) is 1. The molecule has 2 heteroatoms. The van der Waals surface area contributed by atoms with Gasteiger partial charge in [0, 0.05) is 0 Å². The van der Waals surface area contributed by atoms with Crippen LogP contribution < -0.4 is 0 Å². The van der Waals surface area contributed by atoms with E-state index in [1.54, 1.807) is 0 Å². The Labute approximate surface area is 84.6 Å². The summed E-state index contributed by atoms with van der Waals surface area (Å²) in [4.78, 5) is 0. The molecular weight excluding hydrogens is 177 g/mol. The highest BCUT2D eigenvalue weighted by Gasteiger charge is 2.29. The lowest BCUT2D eigenvalue weighted by molar-refractivity contribution is 0.498. The van der Waals surface area contributed by atoms with Gasteiger partial charge in [0.2, 0.25) is 0 Å². The predicted octanol–water partition coefficient (Wildman–Crippen LogP) is 4.86. The lowest BCUT2D eigenvalue weighted by atomic mass is 10.0. The molecule has 1 unspecified atom stereocenters. The predicted molar refractivity (Wildman–Crippen MR) is 62.9 cm³/mol. The summed E-state index contributed by atoms with van der Waals surface area (Å²) >= 11 is 0. The van der Waals surface area contributed by atoms with Crippen molar-refractivity contribution in [1.82, 2.24) is 0 Å². The summed E-state index contributed by atoms with van der Waals surface area (Å²) < 4.78 is 0. The molecule has 0 saturated heterocycles. The van der Waals surface area contributed by atoms with E-state index < -0.39 is 7.71 Å². The maximum atomic E-state index is 7.77. The van der Waals surface area contributed by atoms with E-state index in [-0.39, 0.29) is 5.16 Å². The van der Waals surface area contributed by atoms with Crippen LogP contribution in [0.3, 0.4) is 0 Å². The Bertz CT molecular complexity index is 161. The third-order valence-corrected chi connectivity index (χ3v) is 4.77. The van der Waals surface area contributed by atoms with Gasteiger partial charge in [-0.25, -0.2) is 0 Å². The Morgan fingerprint density at radius 1 is 1.23 bits per heavy atom. The van der Waals surface area contributed by atoms with Gasteiger partial charge in [-0.1, -0.05) is 26.7 Å². The summed E-state index contributed by atoms with van der Waals surface area (Å²) in [6, 6.07) is 0. The maximum Gasteiger partial charge on any atom is 0.198 e. The standard InChI is InChI=1S/C11H25NP/c1-10(2)8-6-7-9-11(3,4)13(5)12/h10,12H,6-9H2,1-5H3/q+1. The van der Waals surface area contributed by atoms with Crippen molar-refractivity contribution < 1.29 is 0 Å². The Hall–Kier alpha value is 0.100. The second-order valence-electron chi connectivity index (χ2n) is 5.01. The van der Waals surface area contributed by atoms with Gasteiger partial charge < -0.3 is 0 Å². The van der Waals surface area contributed by atoms with Crippen LogP contribution in [0.5, 0.6) is 0 Å². The first-order chi connectivity index (χ1) is 5.86. The third-order valence-electron chi connectivity index (χ3n) is 2.73. The van der Waals surface area contributed by atoms with Crippen molar-refractivity contribution in [3.8, 4) is 0 Å². The first kappa shape index (κ1) is 13.1. The van der Waals surface area contributed by atoms with Crippen molar-refractivity contribution in [2.45, 2.75) is 58.5 Å². The summed E-state index contributed by atoms with van der Waals surface area (Å²) in [6.07, 6.45) is 5.21. The number of nitrogens with one attached hydrogen (secondary N) is 1. The Morgan fingerprint density at radius 2 is 1.77 bits per heavy atom. The second kappa shape index (κ2) is 5.75. The SMILES string of the molecule is CC(C)CCCCC(C)(C)[P+](C)=N. The fourth-order valence-corrected chi connectivity index (χ4v) is 1.77. The minimum absolute atomic E-state index is 0.270. The van der Waals surface area contributed by atoms with Gasteiger partial charge in [0.1, 0.15) is 11.8 Å². The zero-order chi connectivity index (χ0) is 10.5. The van der Waals surface area contributed by atoms with Crippen molar-refractivity contribution in [1.29, 1.82) is 5.16 Å². The molecule has 0 aromatic rings. The van der Waals surface area contributed by atoms with E-state index in [2.05, 4.69) is 34.4 Å². The molecule has 13 heavy (non-hydrogen) atoms. The summed E-state index contributed by atoms with van der Waals surface area (Å²) in [7, 11) is -0.526. The maximum absolute atomic E-state index is 7.77. The summed E-state index contributed by atoms with van der Waals surface area (Å²) in [5, 5.41) is 8.04. The minimum atomic E-state index is -0.526. The molecule has 0 aliphatic heterocycles. The summed E-state index contributed by atoms with van der Waals surface area (Å²) in [5.74, 6) is 0.835. The van der Waals surface area contributed by atoms with Crippen molar-refractivity contribution >= 4 is 7.71 Å². The summed E-state index contributed by atoms with van der Waals surface area (Å²) in [5.41, 5.74) is 0. The van der Waals surface area contributed by atoms with E-state index in [1.165, 1.54) is 25.7 Å². The van der Waals surface area contributed by atoms with Gasteiger partial charge in [0.15, 0.2) is 7.71 Å². The van der Waals surface area contributed by atoms with Crippen molar-refractivity contribution in [2.24, 2.45) is 5.92 Å². The normalized spacial score (nSPS) is 13.5. The van der Waals surface area contributed by atoms with Gasteiger partial charge >= 0.3 is 0 Å². The van der Waals surface area contributed by atoms with Crippen molar-refractivity contribution in [3.63, 3.8) is 0 Å². The Balaban J connectivity index is 3.58. The highest BCUT2D eigenvalue weighted by atomic mass is 31.1. The molecule has 0 aromatic heterocycles. The zero-order valence-electron chi connectivity index (χ0n) is 9.85. The van der Waals surface area contributed by atoms with Crippen LogP contribution >= 0.6 is 7.71 Å². The first-order valence-corrected chi connectivity index (χ1v) is 7.10. The van der Waals surface area contributed by atoms with Crippen LogP contribution in [0, 0.1) is 11.1 Å². The van der Waals surface area contributed by atoms with Crippen LogP contribution in [0.2, 0.25) is 0 Å². The second-order valence-corrected chi connectivity index (χ2v) is 7.34. The van der Waals surface area contributed by atoms with Crippen LogP contribution in [-0.4, -0.2) is 11.8 Å². The lowest BCUT2D eigenvalue weighted by Crippen LogP contribution is -2.13. The number of unbranched alkanes of at least 4 members (excludes halogenated alkanes) is 1. The minimum Gasteiger partial charge on any atom is -0.124 e. The monoisotopic (exact) mass is 202 g/mol. The quantitative estimate of drug-likeness (QED) is 0.470. The molecule has 0 aliphatic rings. The van der Waals surface area contributed by atoms with E-state index in [0.717, 1.165) is 5.92 Å². The van der Waals surface area contributed by atoms with Gasteiger partial charge in [-0.2, -0.15) is 0 Å². The van der Waals surface area contributed by atoms with E-state index in [0.29, 0.717) is 0 Å². The number of hydrogen-bond donors (Lipinski definition) is 1. The van der Waals surface area contributed by atoms with Gasteiger partial charge in [0.05, 0.1) is 0 Å². The fourth-order valence-electron chi connectivity index (χ4n) is 1.28. The molecule has 78 valence electrons. The van der Waals surface area contributed by atoms with E-state index in [4.69, 9.17) is 5.16 Å². The molecule has 0 amide bonds. The van der Waals surface area contributed by atoms with E-state index in [9.17, 15) is 0 Å². The van der Waals surface area contributed by atoms with Crippen LogP contribution in [0.1, 0.15) is 53.4 Å². The van der Waals surface area contributed by atoms with Crippen molar-refractivity contribution in [3.05, 3.63) is 0 Å². The van der Waals surface area contributed by atoms with E-state index >= 15 is 0 Å². The fraction of sp³-hybridized carbons (Fsp3) is 1.00. The Morgan fingerprint density at radius 3 is 2.15 bits per heavy atom. The van der Waals surface area contributed by atoms with Crippen molar-refractivity contribution in [2.75, 3.05) is 6.66 Å². The molecular formula is C11H25NP+. The van der Waals surface area contributed by atoms with Gasteiger partial charge in [-0.15, -0.1) is 5.16 Å². The average Bonchev–Trinajstić information content (AvgIpc) is 1.97. The largest absolute Gasteiger partial charge is 0.198 e. The summed E-state index contributed by atoms with van der Waals surface area (Å²) in [6.45, 7) is 11.1. The third kappa shape index (κ3) is 6.21. The lowest BCUT2D eigenvalue weighted by Gasteiger charge is -2.14. The topological polar surface area (TPSA) is 23.9 Å². The first-order valence-electron chi connectivity index (χ1n) is 5.31. The molecule has 0 saturated carbocycles. The van der Waals surface area contributed by atoms with Crippen LogP contribution in [0.25, 0.3) is 0 Å². The van der Waals surface area contributed by atoms with Gasteiger partial charge in [-0.3, -0.25) is 0 Å². The molecule has 0 aromatic carbocycles. The van der Waals surface area contributed by atoms with Crippen LogP contribution in [0.15, 0.2) is 0 Å². The average molecular weight is 202 g/mol. The van der Waals surface area contributed by atoms with Crippen LogP contribution in [0.4, 0.5) is 0 Å². The molecule has 0 fully saturated rings. The molecule has 0 aliphatic carbocycles. The zero-order valence-corrected chi connectivity index (χ0v) is 10.7. The molecule has 0 radical (unpaired) electrons. The highest BCUT2D eigenvalue weighted by molar-refractivity contribution is 7.46. The molecule has 1 nitrogen and oxygen atoms in total. The highest BCUT2D eigenvalue weighted by Crippen LogP contribution is 2.39. The van der Waals surface area contributed by atoms with E-state index in [1.807, 2.05) is 0 Å². The molecule has 0 rings (SSSR count).